The van der Waals surface area contributed by atoms with Gasteiger partial charge in [0.25, 0.3) is 12.3 Å². The van der Waals surface area contributed by atoms with Crippen LogP contribution in [0.15, 0.2) is 36.4 Å². The van der Waals surface area contributed by atoms with E-state index in [2.05, 4.69) is 4.74 Å². The van der Waals surface area contributed by atoms with Crippen molar-refractivity contribution in [1.82, 2.24) is 4.90 Å². The summed E-state index contributed by atoms with van der Waals surface area (Å²) < 4.78 is 75.5. The molecule has 5 nitrogen and oxygen atoms in total. The number of nitrogens with zero attached hydrogens (tertiary/aromatic N) is 1. The van der Waals surface area contributed by atoms with E-state index in [0.717, 1.165) is 12.1 Å². The van der Waals surface area contributed by atoms with Gasteiger partial charge in [-0.15, -0.1) is 13.2 Å². The summed E-state index contributed by atoms with van der Waals surface area (Å²) in [7, 11) is 1.35. The van der Waals surface area contributed by atoms with Crippen LogP contribution in [-0.4, -0.2) is 37.3 Å². The number of hydrogen-bond donors (Lipinski definition) is 0. The second-order valence-corrected chi connectivity index (χ2v) is 6.21. The summed E-state index contributed by atoms with van der Waals surface area (Å²) in [6, 6.07) is 8.03. The fourth-order valence-electron chi connectivity index (χ4n) is 3.00. The average molecular weight is 417 g/mol. The minimum atomic E-state index is -4.78. The fourth-order valence-corrected chi connectivity index (χ4v) is 3.00. The summed E-state index contributed by atoms with van der Waals surface area (Å²) in [5, 5.41) is 0. The summed E-state index contributed by atoms with van der Waals surface area (Å²) in [5.74, 6) is -0.343. The molecule has 0 radical (unpaired) electrons. The molecule has 10 heteroatoms. The molecule has 0 N–H and O–H groups in total. The van der Waals surface area contributed by atoms with Crippen LogP contribution in [0.2, 0.25) is 0 Å². The van der Waals surface area contributed by atoms with E-state index in [1.165, 1.54) is 36.3 Å². The second-order valence-electron chi connectivity index (χ2n) is 6.21. The van der Waals surface area contributed by atoms with E-state index in [1.54, 1.807) is 0 Å². The van der Waals surface area contributed by atoms with Gasteiger partial charge in [0.1, 0.15) is 23.9 Å². The number of fused-ring (bicyclic) bond motifs is 1. The van der Waals surface area contributed by atoms with Gasteiger partial charge < -0.3 is 19.1 Å². The molecule has 1 heterocycles. The van der Waals surface area contributed by atoms with Gasteiger partial charge in [0.05, 0.1) is 12.7 Å². The Labute approximate surface area is 162 Å². The van der Waals surface area contributed by atoms with Crippen molar-refractivity contribution in [2.45, 2.75) is 25.9 Å². The van der Waals surface area contributed by atoms with Crippen LogP contribution in [0.25, 0.3) is 0 Å². The first-order valence-corrected chi connectivity index (χ1v) is 8.42. The van der Waals surface area contributed by atoms with Crippen molar-refractivity contribution in [2.75, 3.05) is 13.7 Å². The van der Waals surface area contributed by atoms with E-state index in [4.69, 9.17) is 9.47 Å². The molecular formula is C19H16F5NO4. The second kappa shape index (κ2) is 8.14. The van der Waals surface area contributed by atoms with Gasteiger partial charge in [0, 0.05) is 19.2 Å². The van der Waals surface area contributed by atoms with Crippen molar-refractivity contribution in [3.63, 3.8) is 0 Å². The normalized spacial score (nSPS) is 13.6. The number of halogens is 5. The topological polar surface area (TPSA) is 48.0 Å². The van der Waals surface area contributed by atoms with Gasteiger partial charge >= 0.3 is 6.36 Å². The van der Waals surface area contributed by atoms with E-state index >= 15 is 0 Å². The summed E-state index contributed by atoms with van der Waals surface area (Å²) in [5.41, 5.74) is 1.44. The number of hydrogen-bond acceptors (Lipinski definition) is 4. The number of amides is 1. The molecule has 2 aromatic rings. The molecule has 0 bridgehead atoms. The number of ether oxygens (including phenoxy) is 3. The maximum atomic E-state index is 12.7. The van der Waals surface area contributed by atoms with E-state index in [-0.39, 0.29) is 36.2 Å². The third-order valence-corrected chi connectivity index (χ3v) is 4.15. The van der Waals surface area contributed by atoms with Crippen LogP contribution < -0.4 is 14.2 Å². The lowest BCUT2D eigenvalue weighted by Gasteiger charge is -2.16. The van der Waals surface area contributed by atoms with Gasteiger partial charge in [-0.1, -0.05) is 12.1 Å². The van der Waals surface area contributed by atoms with Crippen molar-refractivity contribution in [3.8, 4) is 17.2 Å². The third kappa shape index (κ3) is 5.07. The lowest BCUT2D eigenvalue weighted by molar-refractivity contribution is -0.274. The van der Waals surface area contributed by atoms with Crippen molar-refractivity contribution in [2.24, 2.45) is 0 Å². The van der Waals surface area contributed by atoms with Crippen LogP contribution in [-0.2, 0) is 13.1 Å². The highest BCUT2D eigenvalue weighted by Crippen LogP contribution is 2.36. The molecule has 1 aliphatic rings. The minimum Gasteiger partial charge on any atom is -0.496 e. The Morgan fingerprint density at radius 2 is 1.79 bits per heavy atom. The molecule has 0 aliphatic carbocycles. The van der Waals surface area contributed by atoms with E-state index in [0.29, 0.717) is 16.7 Å². The third-order valence-electron chi connectivity index (χ3n) is 4.15. The lowest BCUT2D eigenvalue weighted by atomic mass is 10.1. The van der Waals surface area contributed by atoms with Crippen LogP contribution in [0.3, 0.4) is 0 Å². The zero-order chi connectivity index (χ0) is 21.2. The predicted octanol–water partition coefficient (Wildman–Crippen LogP) is 4.39. The number of rotatable bonds is 7. The van der Waals surface area contributed by atoms with Crippen LogP contribution >= 0.6 is 0 Å². The zero-order valence-electron chi connectivity index (χ0n) is 15.1. The molecule has 0 aromatic heterocycles. The summed E-state index contributed by atoms with van der Waals surface area (Å²) in [6.07, 6.45) is -7.42. The highest BCUT2D eigenvalue weighted by molar-refractivity contribution is 6.01. The van der Waals surface area contributed by atoms with Crippen molar-refractivity contribution >= 4 is 5.91 Å². The molecule has 0 saturated carbocycles. The number of alkyl halides is 5. The van der Waals surface area contributed by atoms with Gasteiger partial charge in [-0.05, 0) is 29.3 Å². The zero-order valence-corrected chi connectivity index (χ0v) is 15.1. The summed E-state index contributed by atoms with van der Waals surface area (Å²) >= 11 is 0. The number of carbonyl (C=O) groups is 1. The average Bonchev–Trinajstić information content (AvgIpc) is 2.95. The van der Waals surface area contributed by atoms with Crippen LogP contribution in [0.1, 0.15) is 21.5 Å². The van der Waals surface area contributed by atoms with Gasteiger partial charge in [-0.3, -0.25) is 4.79 Å². The molecule has 29 heavy (non-hydrogen) atoms. The maximum absolute atomic E-state index is 12.7. The highest BCUT2D eigenvalue weighted by Gasteiger charge is 2.33. The molecule has 0 spiro atoms. The van der Waals surface area contributed by atoms with E-state index in [1.807, 2.05) is 0 Å². The first-order valence-electron chi connectivity index (χ1n) is 8.42. The van der Waals surface area contributed by atoms with Crippen LogP contribution in [0.5, 0.6) is 17.2 Å². The highest BCUT2D eigenvalue weighted by atomic mass is 19.4. The summed E-state index contributed by atoms with van der Waals surface area (Å²) in [4.78, 5) is 14.2. The molecule has 0 saturated heterocycles. The molecule has 156 valence electrons. The quantitative estimate of drug-likeness (QED) is 0.627. The van der Waals surface area contributed by atoms with Gasteiger partial charge in [0.15, 0.2) is 0 Å². The van der Waals surface area contributed by atoms with Crippen molar-refractivity contribution in [3.05, 3.63) is 53.1 Å². The van der Waals surface area contributed by atoms with Crippen molar-refractivity contribution in [1.29, 1.82) is 0 Å². The Bertz CT molecular complexity index is 883. The molecular weight excluding hydrogens is 401 g/mol. The minimum absolute atomic E-state index is 0.135. The number of benzene rings is 2. The van der Waals surface area contributed by atoms with E-state index in [9.17, 15) is 26.7 Å². The molecule has 0 fully saturated rings. The van der Waals surface area contributed by atoms with Gasteiger partial charge in [0.2, 0.25) is 0 Å². The first kappa shape index (κ1) is 20.7. The first-order chi connectivity index (χ1) is 13.7. The smallest absolute Gasteiger partial charge is 0.496 e. The van der Waals surface area contributed by atoms with Gasteiger partial charge in [-0.25, -0.2) is 8.78 Å². The SMILES string of the molecule is COc1cc(OCC(F)F)cc2c1C(=O)N(Cc1ccc(OC(F)(F)F)cc1)C2. The molecule has 0 atom stereocenters. The maximum Gasteiger partial charge on any atom is 0.573 e. The monoisotopic (exact) mass is 417 g/mol. The predicted molar refractivity (Wildman–Crippen MR) is 91.2 cm³/mol. The Balaban J connectivity index is 1.74. The molecule has 3 rings (SSSR count). The Morgan fingerprint density at radius 1 is 1.10 bits per heavy atom. The molecule has 1 amide bonds. The lowest BCUT2D eigenvalue weighted by Crippen LogP contribution is -2.23. The fraction of sp³-hybridized carbons (Fsp3) is 0.316. The molecule has 1 aliphatic heterocycles. The Kier molecular flexibility index (Phi) is 5.81. The van der Waals surface area contributed by atoms with Gasteiger partial charge in [-0.2, -0.15) is 0 Å². The van der Waals surface area contributed by atoms with Crippen LogP contribution in [0, 0.1) is 0 Å². The Hall–Kier alpha value is -3.04. The van der Waals surface area contributed by atoms with E-state index < -0.39 is 19.4 Å². The Morgan fingerprint density at radius 3 is 2.38 bits per heavy atom. The standard InChI is InChI=1S/C19H16F5NO4/c1-27-15-7-14(28-10-16(20)21)6-12-9-25(18(26)17(12)15)8-11-2-4-13(5-3-11)29-19(22,23)24/h2-7,16H,8-10H2,1H3. The summed E-state index contributed by atoms with van der Waals surface area (Å²) in [6.45, 7) is -0.473. The number of carbonyl (C=O) groups excluding carboxylic acids is 1. The molecule has 0 unspecified atom stereocenters. The number of methoxy groups -OCH3 is 1. The largest absolute Gasteiger partial charge is 0.573 e. The molecule has 2 aromatic carbocycles. The van der Waals surface area contributed by atoms with Crippen LogP contribution in [0.4, 0.5) is 22.0 Å². The van der Waals surface area contributed by atoms with Crippen molar-refractivity contribution < 1.29 is 41.0 Å².